The highest BCUT2D eigenvalue weighted by Gasteiger charge is 2.17. The highest BCUT2D eigenvalue weighted by Crippen LogP contribution is 2.20. The van der Waals surface area contributed by atoms with Crippen LogP contribution in [0.4, 0.5) is 0 Å². The van der Waals surface area contributed by atoms with Crippen molar-refractivity contribution < 1.29 is 9.53 Å². The maximum absolute atomic E-state index is 12.1. The van der Waals surface area contributed by atoms with Gasteiger partial charge in [-0.1, -0.05) is 0 Å². The SMILES string of the molecule is COCCNCCNC(=O)Cc1c(C)nc2c(c1C)c(=O)[nH]n2C.Cl. The number of H-pyrrole nitrogens is 1. The number of carbonyl (C=O) groups is 1. The van der Waals surface area contributed by atoms with Gasteiger partial charge in [-0.15, -0.1) is 12.4 Å². The number of fused-ring (bicyclic) bond motifs is 1. The van der Waals surface area contributed by atoms with Crippen LogP contribution in [0, 0.1) is 13.8 Å². The van der Waals surface area contributed by atoms with Crippen LogP contribution in [0.1, 0.15) is 16.8 Å². The molecule has 0 radical (unpaired) electrons. The first-order valence-electron chi connectivity index (χ1n) is 7.96. The Labute approximate surface area is 152 Å². The van der Waals surface area contributed by atoms with Gasteiger partial charge in [0.1, 0.15) is 0 Å². The van der Waals surface area contributed by atoms with E-state index in [0.717, 1.165) is 23.4 Å². The van der Waals surface area contributed by atoms with Crippen molar-refractivity contribution in [2.24, 2.45) is 7.05 Å². The van der Waals surface area contributed by atoms with Gasteiger partial charge in [-0.2, -0.15) is 0 Å². The van der Waals surface area contributed by atoms with Crippen LogP contribution in [-0.4, -0.2) is 54.0 Å². The highest BCUT2D eigenvalue weighted by molar-refractivity contribution is 5.85. The predicted molar refractivity (Wildman–Crippen MR) is 99.5 cm³/mol. The van der Waals surface area contributed by atoms with Crippen molar-refractivity contribution in [3.8, 4) is 0 Å². The second-order valence-corrected chi connectivity index (χ2v) is 5.77. The molecule has 0 spiro atoms. The van der Waals surface area contributed by atoms with Gasteiger partial charge in [0.2, 0.25) is 5.91 Å². The average molecular weight is 372 g/mol. The van der Waals surface area contributed by atoms with E-state index in [1.54, 1.807) is 18.8 Å². The van der Waals surface area contributed by atoms with Gasteiger partial charge in [0, 0.05) is 39.5 Å². The molecule has 2 aromatic rings. The van der Waals surface area contributed by atoms with E-state index in [-0.39, 0.29) is 30.3 Å². The molecule has 9 heteroatoms. The van der Waals surface area contributed by atoms with Crippen LogP contribution in [0.25, 0.3) is 11.0 Å². The fourth-order valence-electron chi connectivity index (χ4n) is 2.72. The van der Waals surface area contributed by atoms with Crippen LogP contribution in [0.15, 0.2) is 4.79 Å². The summed E-state index contributed by atoms with van der Waals surface area (Å²) in [6, 6.07) is 0. The van der Waals surface area contributed by atoms with Gasteiger partial charge in [0.25, 0.3) is 5.56 Å². The summed E-state index contributed by atoms with van der Waals surface area (Å²) < 4.78 is 6.54. The third kappa shape index (κ3) is 5.04. The minimum absolute atomic E-state index is 0. The van der Waals surface area contributed by atoms with Gasteiger partial charge in [-0.25, -0.2) is 4.98 Å². The van der Waals surface area contributed by atoms with Crippen LogP contribution < -0.4 is 16.2 Å². The molecule has 1 amide bonds. The lowest BCUT2D eigenvalue weighted by atomic mass is 10.0. The molecule has 0 fully saturated rings. The van der Waals surface area contributed by atoms with Crippen LogP contribution >= 0.6 is 12.4 Å². The molecule has 0 bridgehead atoms. The van der Waals surface area contributed by atoms with E-state index in [1.165, 1.54) is 0 Å². The summed E-state index contributed by atoms with van der Waals surface area (Å²) in [5.41, 5.74) is 2.82. The smallest absolute Gasteiger partial charge is 0.273 e. The van der Waals surface area contributed by atoms with Crippen molar-refractivity contribution in [2.45, 2.75) is 20.3 Å². The molecule has 8 nitrogen and oxygen atoms in total. The Kier molecular flexibility index (Phi) is 8.08. The van der Waals surface area contributed by atoms with E-state index in [9.17, 15) is 9.59 Å². The topological polar surface area (TPSA) is 101 Å². The number of hydrogen-bond donors (Lipinski definition) is 3. The zero-order chi connectivity index (χ0) is 17.7. The van der Waals surface area contributed by atoms with E-state index >= 15 is 0 Å². The normalized spacial score (nSPS) is 10.7. The van der Waals surface area contributed by atoms with E-state index < -0.39 is 0 Å². The fourth-order valence-corrected chi connectivity index (χ4v) is 2.72. The van der Waals surface area contributed by atoms with Crippen molar-refractivity contribution in [1.82, 2.24) is 25.4 Å². The summed E-state index contributed by atoms with van der Waals surface area (Å²) >= 11 is 0. The van der Waals surface area contributed by atoms with Gasteiger partial charge in [0.15, 0.2) is 5.65 Å². The van der Waals surface area contributed by atoms with E-state index in [4.69, 9.17) is 4.74 Å². The van der Waals surface area contributed by atoms with Crippen LogP contribution in [0.3, 0.4) is 0 Å². The molecule has 0 atom stereocenters. The first-order valence-corrected chi connectivity index (χ1v) is 7.96. The molecule has 3 N–H and O–H groups in total. The third-order valence-corrected chi connectivity index (χ3v) is 4.02. The van der Waals surface area contributed by atoms with E-state index in [2.05, 4.69) is 20.7 Å². The number of aryl methyl sites for hydroxylation is 3. The van der Waals surface area contributed by atoms with Crippen molar-refractivity contribution >= 4 is 29.3 Å². The zero-order valence-corrected chi connectivity index (χ0v) is 15.9. The van der Waals surface area contributed by atoms with Crippen LogP contribution in [0.5, 0.6) is 0 Å². The number of rotatable bonds is 8. The minimum Gasteiger partial charge on any atom is -0.383 e. The molecule has 2 rings (SSSR count). The minimum atomic E-state index is -0.179. The maximum atomic E-state index is 12.1. The summed E-state index contributed by atoms with van der Waals surface area (Å²) in [6.45, 7) is 6.34. The number of ether oxygens (including phenoxy) is 1. The molecule has 0 aliphatic rings. The zero-order valence-electron chi connectivity index (χ0n) is 15.1. The lowest BCUT2D eigenvalue weighted by Crippen LogP contribution is -2.34. The molecule has 0 saturated heterocycles. The van der Waals surface area contributed by atoms with Crippen molar-refractivity contribution in [3.63, 3.8) is 0 Å². The number of aromatic nitrogens is 3. The Hall–Kier alpha value is -1.90. The molecule has 2 heterocycles. The highest BCUT2D eigenvalue weighted by atomic mass is 35.5. The number of methoxy groups -OCH3 is 1. The summed E-state index contributed by atoms with van der Waals surface area (Å²) in [4.78, 5) is 28.6. The molecule has 25 heavy (non-hydrogen) atoms. The van der Waals surface area contributed by atoms with Crippen molar-refractivity contribution in [2.75, 3.05) is 33.4 Å². The summed E-state index contributed by atoms with van der Waals surface area (Å²) in [5.74, 6) is -0.0803. The monoisotopic (exact) mass is 371 g/mol. The van der Waals surface area contributed by atoms with Gasteiger partial charge in [0.05, 0.1) is 18.4 Å². The number of pyridine rings is 1. The Morgan fingerprint density at radius 1 is 1.28 bits per heavy atom. The largest absolute Gasteiger partial charge is 0.383 e. The Morgan fingerprint density at radius 2 is 2.00 bits per heavy atom. The summed E-state index contributed by atoms with van der Waals surface area (Å²) in [6.07, 6.45) is 0.215. The standard InChI is InChI=1S/C16H25N5O3.ClH/c1-10-12(9-13(22)18-6-5-17-7-8-24-4)11(2)19-15-14(10)16(23)20-21(15)3;/h17H,5-9H2,1-4H3,(H,18,22)(H,20,23);1H. The summed E-state index contributed by atoms with van der Waals surface area (Å²) in [5, 5.41) is 9.28. The number of carbonyl (C=O) groups excluding carboxylic acids is 1. The first-order chi connectivity index (χ1) is 11.5. The molecular weight excluding hydrogens is 346 g/mol. The second-order valence-electron chi connectivity index (χ2n) is 5.77. The van der Waals surface area contributed by atoms with Crippen molar-refractivity contribution in [3.05, 3.63) is 27.2 Å². The van der Waals surface area contributed by atoms with Gasteiger partial charge >= 0.3 is 0 Å². The average Bonchev–Trinajstić information content (AvgIpc) is 2.81. The number of aromatic amines is 1. The molecule has 0 aromatic carbocycles. The second kappa shape index (κ2) is 9.55. The number of nitrogens with one attached hydrogen (secondary N) is 3. The lowest BCUT2D eigenvalue weighted by molar-refractivity contribution is -0.120. The van der Waals surface area contributed by atoms with Gasteiger partial charge < -0.3 is 15.4 Å². The van der Waals surface area contributed by atoms with Crippen LogP contribution in [0.2, 0.25) is 0 Å². The predicted octanol–water partition coefficient (Wildman–Crippen LogP) is 0.195. The molecule has 2 aromatic heterocycles. The Balaban J connectivity index is 0.00000312. The quantitative estimate of drug-likeness (QED) is 0.575. The molecule has 0 saturated carbocycles. The van der Waals surface area contributed by atoms with Gasteiger partial charge in [-0.3, -0.25) is 19.4 Å². The van der Waals surface area contributed by atoms with Gasteiger partial charge in [-0.05, 0) is 25.0 Å². The first kappa shape index (κ1) is 21.1. The molecule has 0 unspecified atom stereocenters. The molecule has 0 aliphatic carbocycles. The molecular formula is C16H26ClN5O3. The lowest BCUT2D eigenvalue weighted by Gasteiger charge is -2.11. The Bertz CT molecular complexity index is 784. The fraction of sp³-hybridized carbons (Fsp3) is 0.562. The molecule has 140 valence electrons. The van der Waals surface area contributed by atoms with E-state index in [0.29, 0.717) is 30.7 Å². The number of hydrogen-bond acceptors (Lipinski definition) is 5. The van der Waals surface area contributed by atoms with Crippen LogP contribution in [-0.2, 0) is 23.0 Å². The third-order valence-electron chi connectivity index (χ3n) is 4.02. The number of nitrogens with zero attached hydrogens (tertiary/aromatic N) is 2. The Morgan fingerprint density at radius 3 is 2.68 bits per heavy atom. The number of amides is 1. The maximum Gasteiger partial charge on any atom is 0.273 e. The van der Waals surface area contributed by atoms with Crippen molar-refractivity contribution in [1.29, 1.82) is 0 Å². The summed E-state index contributed by atoms with van der Waals surface area (Å²) in [7, 11) is 3.40. The van der Waals surface area contributed by atoms with E-state index in [1.807, 2.05) is 13.8 Å². The number of halogens is 1. The molecule has 0 aliphatic heterocycles.